The Balaban J connectivity index is 2.17. The second-order valence-corrected chi connectivity index (χ2v) is 5.61. The van der Waals surface area contributed by atoms with Gasteiger partial charge in [-0.2, -0.15) is 0 Å². The molecule has 2 aliphatic rings. The van der Waals surface area contributed by atoms with Crippen molar-refractivity contribution in [3.63, 3.8) is 0 Å². The van der Waals surface area contributed by atoms with Crippen molar-refractivity contribution in [2.24, 2.45) is 0 Å². The molecule has 0 spiro atoms. The van der Waals surface area contributed by atoms with Gasteiger partial charge in [-0.05, 0) is 21.9 Å². The topological polar surface area (TPSA) is 26.3 Å². The molecule has 0 saturated carbocycles. The van der Waals surface area contributed by atoms with Crippen molar-refractivity contribution in [3.8, 4) is 0 Å². The molecule has 2 aliphatic heterocycles. The van der Waals surface area contributed by atoms with Crippen LogP contribution in [0.4, 0.5) is 0 Å². The summed E-state index contributed by atoms with van der Waals surface area (Å²) in [5.74, 6) is 0. The summed E-state index contributed by atoms with van der Waals surface area (Å²) in [5, 5.41) is 3.59. The van der Waals surface area contributed by atoms with E-state index in [0.717, 1.165) is 32.7 Å². The summed E-state index contributed by atoms with van der Waals surface area (Å²) in [5.41, 5.74) is 2.43. The molecule has 5 rings (SSSR count). The van der Waals surface area contributed by atoms with E-state index in [1.165, 1.54) is 0 Å². The van der Waals surface area contributed by atoms with Crippen molar-refractivity contribution in [3.05, 3.63) is 82.0 Å². The van der Waals surface area contributed by atoms with Gasteiger partial charge in [-0.3, -0.25) is 4.79 Å². The second kappa shape index (κ2) is 3.80. The number of hydrogen-bond acceptors (Lipinski definition) is 2. The zero-order valence-electron chi connectivity index (χ0n) is 11.2. The number of benzene rings is 2. The molecule has 0 aromatic heterocycles. The average Bonchev–Trinajstić information content (AvgIpc) is 3.12. The first kappa shape index (κ1) is 11.2. The summed E-state index contributed by atoms with van der Waals surface area (Å²) in [6.07, 6.45) is 4.15. The SMILES string of the molecule is O=c1c2ccccc2c2c(c3ccccc13)[C@@H]1C=C[C@@H]2O1. The summed E-state index contributed by atoms with van der Waals surface area (Å²) in [6.45, 7) is 0. The highest BCUT2D eigenvalue weighted by Crippen LogP contribution is 2.49. The lowest BCUT2D eigenvalue weighted by molar-refractivity contribution is 0.0887. The molecule has 2 heteroatoms. The molecular weight excluding hydrogens is 260 g/mol. The lowest BCUT2D eigenvalue weighted by Crippen LogP contribution is -1.99. The van der Waals surface area contributed by atoms with Gasteiger partial charge in [0.1, 0.15) is 12.2 Å². The third-order valence-corrected chi connectivity index (χ3v) is 4.54. The molecule has 2 bridgehead atoms. The zero-order chi connectivity index (χ0) is 14.0. The van der Waals surface area contributed by atoms with E-state index >= 15 is 0 Å². The van der Waals surface area contributed by atoms with Crippen LogP contribution >= 0.6 is 0 Å². The van der Waals surface area contributed by atoms with E-state index in [4.69, 9.17) is 4.74 Å². The summed E-state index contributed by atoms with van der Waals surface area (Å²) >= 11 is 0. The van der Waals surface area contributed by atoms with Crippen LogP contribution in [0.1, 0.15) is 23.3 Å². The van der Waals surface area contributed by atoms with Gasteiger partial charge in [0.05, 0.1) is 0 Å². The monoisotopic (exact) mass is 272 g/mol. The van der Waals surface area contributed by atoms with Crippen LogP contribution in [0.2, 0.25) is 0 Å². The Morgan fingerprint density at radius 3 is 1.57 bits per heavy atom. The van der Waals surface area contributed by atoms with Crippen molar-refractivity contribution >= 4 is 21.5 Å². The van der Waals surface area contributed by atoms with Crippen LogP contribution < -0.4 is 5.43 Å². The fourth-order valence-electron chi connectivity index (χ4n) is 3.66. The van der Waals surface area contributed by atoms with Gasteiger partial charge < -0.3 is 4.74 Å². The van der Waals surface area contributed by atoms with Crippen LogP contribution in [0, 0.1) is 0 Å². The minimum atomic E-state index is -0.0230. The van der Waals surface area contributed by atoms with Crippen LogP contribution in [-0.2, 0) is 4.74 Å². The molecule has 2 atom stereocenters. The molecule has 3 aromatic carbocycles. The normalized spacial score (nSPS) is 22.1. The minimum absolute atomic E-state index is 0.0230. The molecule has 0 unspecified atom stereocenters. The van der Waals surface area contributed by atoms with Gasteiger partial charge in [0.2, 0.25) is 0 Å². The van der Waals surface area contributed by atoms with Gasteiger partial charge in [-0.1, -0.05) is 60.7 Å². The fourth-order valence-corrected chi connectivity index (χ4v) is 3.66. The van der Waals surface area contributed by atoms with E-state index in [9.17, 15) is 4.79 Å². The van der Waals surface area contributed by atoms with E-state index < -0.39 is 0 Å². The molecule has 0 N–H and O–H groups in total. The van der Waals surface area contributed by atoms with E-state index in [2.05, 4.69) is 12.2 Å². The first-order valence-electron chi connectivity index (χ1n) is 7.16. The van der Waals surface area contributed by atoms with Crippen molar-refractivity contribution in [2.45, 2.75) is 12.2 Å². The van der Waals surface area contributed by atoms with Gasteiger partial charge in [0.15, 0.2) is 5.43 Å². The van der Waals surface area contributed by atoms with Crippen LogP contribution in [0.25, 0.3) is 21.5 Å². The molecule has 0 radical (unpaired) electrons. The van der Waals surface area contributed by atoms with Gasteiger partial charge in [-0.15, -0.1) is 0 Å². The molecule has 21 heavy (non-hydrogen) atoms. The Kier molecular flexibility index (Phi) is 2.04. The molecule has 0 amide bonds. The van der Waals surface area contributed by atoms with E-state index in [-0.39, 0.29) is 17.6 Å². The Labute approximate surface area is 121 Å². The quantitative estimate of drug-likeness (QED) is 0.577. The molecule has 0 saturated heterocycles. The fraction of sp³-hybridized carbons (Fsp3) is 0.105. The molecular formula is C19H12O2. The Bertz CT molecular complexity index is 924. The highest BCUT2D eigenvalue weighted by atomic mass is 16.5. The number of rotatable bonds is 0. The molecule has 3 aromatic rings. The maximum atomic E-state index is 12.9. The maximum absolute atomic E-state index is 12.9. The Hall–Kier alpha value is -2.45. The first-order valence-corrected chi connectivity index (χ1v) is 7.16. The van der Waals surface area contributed by atoms with Gasteiger partial charge in [-0.25, -0.2) is 0 Å². The summed E-state index contributed by atoms with van der Waals surface area (Å²) in [7, 11) is 0. The van der Waals surface area contributed by atoms with Crippen molar-refractivity contribution < 1.29 is 4.74 Å². The predicted octanol–water partition coefficient (Wildman–Crippen LogP) is 4.04. The molecule has 0 aliphatic carbocycles. The van der Waals surface area contributed by atoms with Crippen LogP contribution in [0.5, 0.6) is 0 Å². The Morgan fingerprint density at radius 2 is 1.10 bits per heavy atom. The van der Waals surface area contributed by atoms with Crippen LogP contribution in [-0.4, -0.2) is 0 Å². The van der Waals surface area contributed by atoms with Crippen LogP contribution in [0.15, 0.2) is 65.5 Å². The lowest BCUT2D eigenvalue weighted by Gasteiger charge is -2.07. The largest absolute Gasteiger partial charge is 0.357 e. The maximum Gasteiger partial charge on any atom is 0.194 e. The third-order valence-electron chi connectivity index (χ3n) is 4.54. The van der Waals surface area contributed by atoms with E-state index in [0.29, 0.717) is 0 Å². The average molecular weight is 272 g/mol. The molecule has 2 heterocycles. The number of fused-ring (bicyclic) bond motifs is 9. The highest BCUT2D eigenvalue weighted by Gasteiger charge is 2.36. The molecule has 100 valence electrons. The summed E-state index contributed by atoms with van der Waals surface area (Å²) in [4.78, 5) is 12.9. The Morgan fingerprint density at radius 1 is 0.667 bits per heavy atom. The minimum Gasteiger partial charge on any atom is -0.357 e. The first-order chi connectivity index (χ1) is 10.3. The van der Waals surface area contributed by atoms with Crippen LogP contribution in [0.3, 0.4) is 0 Å². The van der Waals surface area contributed by atoms with Crippen molar-refractivity contribution in [1.29, 1.82) is 0 Å². The highest BCUT2D eigenvalue weighted by molar-refractivity contribution is 5.99. The van der Waals surface area contributed by atoms with E-state index in [1.54, 1.807) is 0 Å². The second-order valence-electron chi connectivity index (χ2n) is 5.61. The zero-order valence-corrected chi connectivity index (χ0v) is 11.2. The van der Waals surface area contributed by atoms with Gasteiger partial charge in [0.25, 0.3) is 0 Å². The van der Waals surface area contributed by atoms with Crippen molar-refractivity contribution in [2.75, 3.05) is 0 Å². The third kappa shape index (κ3) is 1.33. The number of hydrogen-bond donors (Lipinski definition) is 0. The predicted molar refractivity (Wildman–Crippen MR) is 83.4 cm³/mol. The van der Waals surface area contributed by atoms with Gasteiger partial charge >= 0.3 is 0 Å². The molecule has 0 fully saturated rings. The smallest absolute Gasteiger partial charge is 0.194 e. The van der Waals surface area contributed by atoms with E-state index in [1.807, 2.05) is 48.5 Å². The summed E-state index contributed by atoms with van der Waals surface area (Å²) in [6, 6.07) is 15.7. The summed E-state index contributed by atoms with van der Waals surface area (Å²) < 4.78 is 6.03. The number of ether oxygens (including phenoxy) is 1. The van der Waals surface area contributed by atoms with Gasteiger partial charge in [0, 0.05) is 10.8 Å². The van der Waals surface area contributed by atoms with Crippen molar-refractivity contribution in [1.82, 2.24) is 0 Å². The lowest BCUT2D eigenvalue weighted by atomic mass is 9.93. The standard InChI is InChI=1S/C19H12O2/c20-19-13-7-3-1-5-11(13)17-15-9-10-16(21-15)18(17)12-6-2-4-8-14(12)19/h1-10,15-16H/t15-,16-/m0/s1. The molecule has 2 nitrogen and oxygen atoms in total.